The van der Waals surface area contributed by atoms with E-state index in [9.17, 15) is 9.90 Å². The molecule has 0 aromatic carbocycles. The summed E-state index contributed by atoms with van der Waals surface area (Å²) in [6.45, 7) is 4.23. The molecule has 5 heteroatoms. The SMILES string of the molecule is CCOC(=O)[C@@H]1CC[C@](O)(c2nccs2)C[C@@H]1C. The highest BCUT2D eigenvalue weighted by atomic mass is 32.1. The first-order valence-electron chi connectivity index (χ1n) is 6.36. The minimum Gasteiger partial charge on any atom is -0.466 e. The van der Waals surface area contributed by atoms with E-state index in [1.807, 2.05) is 19.2 Å². The number of esters is 1. The number of thiazole rings is 1. The molecule has 3 atom stereocenters. The van der Waals surface area contributed by atoms with Gasteiger partial charge in [0, 0.05) is 11.6 Å². The van der Waals surface area contributed by atoms with Crippen molar-refractivity contribution in [1.82, 2.24) is 4.98 Å². The van der Waals surface area contributed by atoms with Crippen LogP contribution in [0.2, 0.25) is 0 Å². The van der Waals surface area contributed by atoms with Crippen molar-refractivity contribution < 1.29 is 14.6 Å². The lowest BCUT2D eigenvalue weighted by Crippen LogP contribution is -2.39. The average molecular weight is 269 g/mol. The van der Waals surface area contributed by atoms with Crippen LogP contribution >= 0.6 is 11.3 Å². The summed E-state index contributed by atoms with van der Waals surface area (Å²) < 4.78 is 5.08. The van der Waals surface area contributed by atoms with Crippen LogP contribution in [0, 0.1) is 11.8 Å². The Labute approximate surface area is 111 Å². The second-order valence-corrected chi connectivity index (χ2v) is 5.84. The molecular weight excluding hydrogens is 250 g/mol. The van der Waals surface area contributed by atoms with E-state index in [1.54, 1.807) is 6.20 Å². The minimum atomic E-state index is -0.865. The molecule has 0 amide bonds. The maximum atomic E-state index is 11.8. The molecule has 0 bridgehead atoms. The van der Waals surface area contributed by atoms with E-state index >= 15 is 0 Å². The first-order valence-corrected chi connectivity index (χ1v) is 7.24. The Morgan fingerprint density at radius 2 is 2.50 bits per heavy atom. The summed E-state index contributed by atoms with van der Waals surface area (Å²) in [6.07, 6.45) is 3.52. The van der Waals surface area contributed by atoms with Crippen LogP contribution < -0.4 is 0 Å². The van der Waals surface area contributed by atoms with E-state index in [1.165, 1.54) is 11.3 Å². The summed E-state index contributed by atoms with van der Waals surface area (Å²) in [5.41, 5.74) is -0.865. The van der Waals surface area contributed by atoms with Gasteiger partial charge in [0.25, 0.3) is 0 Å². The van der Waals surface area contributed by atoms with Crippen LogP contribution in [0.25, 0.3) is 0 Å². The molecule has 0 radical (unpaired) electrons. The van der Waals surface area contributed by atoms with E-state index in [0.29, 0.717) is 25.9 Å². The van der Waals surface area contributed by atoms with Crippen molar-refractivity contribution in [3.8, 4) is 0 Å². The molecule has 18 heavy (non-hydrogen) atoms. The van der Waals surface area contributed by atoms with Crippen molar-refractivity contribution in [2.24, 2.45) is 11.8 Å². The Kier molecular flexibility index (Phi) is 4.02. The third kappa shape index (κ3) is 2.57. The van der Waals surface area contributed by atoms with Crippen molar-refractivity contribution in [2.75, 3.05) is 6.61 Å². The van der Waals surface area contributed by atoms with Crippen molar-refractivity contribution in [1.29, 1.82) is 0 Å². The highest BCUT2D eigenvalue weighted by Crippen LogP contribution is 2.43. The third-order valence-electron chi connectivity index (χ3n) is 3.64. The zero-order valence-electron chi connectivity index (χ0n) is 10.8. The normalized spacial score (nSPS) is 32.2. The quantitative estimate of drug-likeness (QED) is 0.856. The lowest BCUT2D eigenvalue weighted by atomic mass is 9.72. The van der Waals surface area contributed by atoms with Crippen LogP contribution in [0.1, 0.15) is 38.1 Å². The molecule has 1 heterocycles. The van der Waals surface area contributed by atoms with Gasteiger partial charge in [0.1, 0.15) is 10.6 Å². The van der Waals surface area contributed by atoms with Gasteiger partial charge in [-0.3, -0.25) is 4.79 Å². The van der Waals surface area contributed by atoms with Gasteiger partial charge in [-0.25, -0.2) is 4.98 Å². The smallest absolute Gasteiger partial charge is 0.309 e. The van der Waals surface area contributed by atoms with Gasteiger partial charge in [-0.2, -0.15) is 0 Å². The van der Waals surface area contributed by atoms with Gasteiger partial charge in [-0.05, 0) is 32.1 Å². The van der Waals surface area contributed by atoms with Gasteiger partial charge < -0.3 is 9.84 Å². The van der Waals surface area contributed by atoms with Gasteiger partial charge in [0.05, 0.1) is 12.5 Å². The number of carbonyl (C=O) groups excluding carboxylic acids is 1. The molecule has 1 N–H and O–H groups in total. The van der Waals surface area contributed by atoms with E-state index in [2.05, 4.69) is 4.98 Å². The van der Waals surface area contributed by atoms with Gasteiger partial charge >= 0.3 is 5.97 Å². The molecule has 2 rings (SSSR count). The monoisotopic (exact) mass is 269 g/mol. The van der Waals surface area contributed by atoms with Gasteiger partial charge in [0.2, 0.25) is 0 Å². The van der Waals surface area contributed by atoms with Gasteiger partial charge in [-0.15, -0.1) is 11.3 Å². The van der Waals surface area contributed by atoms with E-state index in [0.717, 1.165) is 5.01 Å². The fraction of sp³-hybridized carbons (Fsp3) is 0.692. The Hall–Kier alpha value is -0.940. The number of aliphatic hydroxyl groups is 1. The van der Waals surface area contributed by atoms with Crippen LogP contribution in [0.3, 0.4) is 0 Å². The molecule has 0 unspecified atom stereocenters. The molecule has 1 saturated carbocycles. The molecule has 1 fully saturated rings. The first kappa shape index (κ1) is 13.5. The van der Waals surface area contributed by atoms with Crippen LogP contribution in [0.5, 0.6) is 0 Å². The second kappa shape index (κ2) is 5.36. The fourth-order valence-corrected chi connectivity index (χ4v) is 3.48. The maximum Gasteiger partial charge on any atom is 0.309 e. The Morgan fingerprint density at radius 3 is 3.06 bits per heavy atom. The van der Waals surface area contributed by atoms with Gasteiger partial charge in [-0.1, -0.05) is 6.92 Å². The van der Waals surface area contributed by atoms with Gasteiger partial charge in [0.15, 0.2) is 0 Å². The lowest BCUT2D eigenvalue weighted by molar-refractivity contribution is -0.154. The number of hydrogen-bond donors (Lipinski definition) is 1. The number of ether oxygens (including phenoxy) is 1. The molecule has 4 nitrogen and oxygen atoms in total. The van der Waals surface area contributed by atoms with E-state index < -0.39 is 5.60 Å². The fourth-order valence-electron chi connectivity index (χ4n) is 2.70. The maximum absolute atomic E-state index is 11.8. The summed E-state index contributed by atoms with van der Waals surface area (Å²) in [4.78, 5) is 16.0. The van der Waals surface area contributed by atoms with Crippen molar-refractivity contribution in [2.45, 2.75) is 38.7 Å². The highest BCUT2D eigenvalue weighted by Gasteiger charge is 2.43. The third-order valence-corrected chi connectivity index (χ3v) is 4.60. The van der Waals surface area contributed by atoms with Crippen LogP contribution in [-0.2, 0) is 15.1 Å². The standard InChI is InChI=1S/C13H19NO3S/c1-3-17-11(15)10-4-5-13(16,8-9(10)2)12-14-6-7-18-12/h6-7,9-10,16H,3-5,8H2,1-2H3/t9-,10+,13+/m0/s1. The summed E-state index contributed by atoms with van der Waals surface area (Å²) >= 11 is 1.47. The molecule has 1 aliphatic rings. The molecule has 0 aliphatic heterocycles. The summed E-state index contributed by atoms with van der Waals surface area (Å²) in [5.74, 6) is -0.108. The average Bonchev–Trinajstić information content (AvgIpc) is 2.83. The number of rotatable bonds is 3. The first-order chi connectivity index (χ1) is 8.57. The molecule has 0 spiro atoms. The van der Waals surface area contributed by atoms with Crippen molar-refractivity contribution in [3.05, 3.63) is 16.6 Å². The van der Waals surface area contributed by atoms with Crippen LogP contribution in [0.4, 0.5) is 0 Å². The Bertz CT molecular complexity index is 406. The summed E-state index contributed by atoms with van der Waals surface area (Å²) in [6, 6.07) is 0. The number of aromatic nitrogens is 1. The molecule has 1 aromatic heterocycles. The molecule has 100 valence electrons. The summed E-state index contributed by atoms with van der Waals surface area (Å²) in [7, 11) is 0. The van der Waals surface area contributed by atoms with E-state index in [4.69, 9.17) is 4.74 Å². The predicted molar refractivity (Wildman–Crippen MR) is 69.1 cm³/mol. The zero-order valence-corrected chi connectivity index (χ0v) is 11.6. The highest BCUT2D eigenvalue weighted by molar-refractivity contribution is 7.09. The Balaban J connectivity index is 2.06. The molecule has 1 aliphatic carbocycles. The molecule has 1 aromatic rings. The zero-order chi connectivity index (χ0) is 13.2. The molecular formula is C13H19NO3S. The second-order valence-electron chi connectivity index (χ2n) is 4.95. The Morgan fingerprint density at radius 1 is 1.72 bits per heavy atom. The largest absolute Gasteiger partial charge is 0.466 e. The topological polar surface area (TPSA) is 59.4 Å². The van der Waals surface area contributed by atoms with E-state index in [-0.39, 0.29) is 17.8 Å². The molecule has 0 saturated heterocycles. The minimum absolute atomic E-state index is 0.0924. The van der Waals surface area contributed by atoms with Crippen molar-refractivity contribution >= 4 is 17.3 Å². The lowest BCUT2D eigenvalue weighted by Gasteiger charge is -2.37. The van der Waals surface area contributed by atoms with Crippen LogP contribution in [-0.4, -0.2) is 22.7 Å². The van der Waals surface area contributed by atoms with Crippen molar-refractivity contribution in [3.63, 3.8) is 0 Å². The predicted octanol–water partition coefficient (Wildman–Crippen LogP) is 2.33. The number of nitrogens with zero attached hydrogens (tertiary/aromatic N) is 1. The summed E-state index contributed by atoms with van der Waals surface area (Å²) in [5, 5.41) is 13.3. The number of carbonyl (C=O) groups is 1. The number of hydrogen-bond acceptors (Lipinski definition) is 5. The van der Waals surface area contributed by atoms with Crippen LogP contribution in [0.15, 0.2) is 11.6 Å².